The van der Waals surface area contributed by atoms with Gasteiger partial charge >= 0.3 is 6.18 Å². The fourth-order valence-electron chi connectivity index (χ4n) is 2.64. The zero-order valence-corrected chi connectivity index (χ0v) is 15.9. The average molecular weight is 397 g/mol. The van der Waals surface area contributed by atoms with Gasteiger partial charge in [-0.1, -0.05) is 12.1 Å². The van der Waals surface area contributed by atoms with Crippen LogP contribution in [0.1, 0.15) is 23.1 Å². The van der Waals surface area contributed by atoms with Crippen LogP contribution in [0.5, 0.6) is 17.2 Å². The van der Waals surface area contributed by atoms with Crippen molar-refractivity contribution in [1.82, 2.24) is 5.32 Å². The van der Waals surface area contributed by atoms with Gasteiger partial charge in [0.2, 0.25) is 11.7 Å². The molecule has 0 heterocycles. The van der Waals surface area contributed by atoms with Gasteiger partial charge in [0.15, 0.2) is 11.5 Å². The van der Waals surface area contributed by atoms with Gasteiger partial charge in [0.05, 0.1) is 26.9 Å². The molecule has 1 amide bonds. The second-order valence-electron chi connectivity index (χ2n) is 6.01. The molecule has 0 fully saturated rings. The third-order valence-corrected chi connectivity index (χ3v) is 4.14. The largest absolute Gasteiger partial charge is 0.493 e. The van der Waals surface area contributed by atoms with E-state index in [9.17, 15) is 18.0 Å². The van der Waals surface area contributed by atoms with E-state index in [1.807, 2.05) is 0 Å². The fraction of sp³-hybridized carbons (Fsp3) is 0.350. The molecule has 2 aromatic carbocycles. The molecule has 8 heteroatoms. The maximum absolute atomic E-state index is 12.6. The van der Waals surface area contributed by atoms with E-state index in [0.717, 1.165) is 17.7 Å². The molecule has 0 aliphatic carbocycles. The summed E-state index contributed by atoms with van der Waals surface area (Å²) in [7, 11) is 4.53. The van der Waals surface area contributed by atoms with Crippen LogP contribution < -0.4 is 19.5 Å². The number of hydrogen-bond donors (Lipinski definition) is 1. The lowest BCUT2D eigenvalue weighted by atomic mass is 10.1. The van der Waals surface area contributed by atoms with Crippen LogP contribution in [-0.2, 0) is 23.9 Å². The van der Waals surface area contributed by atoms with Gasteiger partial charge in [-0.3, -0.25) is 4.79 Å². The molecule has 5 nitrogen and oxygen atoms in total. The van der Waals surface area contributed by atoms with Crippen LogP contribution in [-0.4, -0.2) is 27.2 Å². The standard InChI is InChI=1S/C20H22F3NO4/c1-26-16-10-14(11-17(27-2)19(16)28-3)6-9-18(25)24-12-13-4-7-15(8-5-13)20(21,22)23/h4-5,7-8,10-11H,6,9,12H2,1-3H3,(H,24,25). The minimum atomic E-state index is -4.37. The molecule has 0 saturated carbocycles. The van der Waals surface area contributed by atoms with Gasteiger partial charge < -0.3 is 19.5 Å². The van der Waals surface area contributed by atoms with E-state index in [0.29, 0.717) is 29.2 Å². The van der Waals surface area contributed by atoms with E-state index in [1.54, 1.807) is 12.1 Å². The molecule has 2 rings (SSSR count). The Kier molecular flexibility index (Phi) is 7.14. The first-order valence-corrected chi connectivity index (χ1v) is 8.50. The molecule has 28 heavy (non-hydrogen) atoms. The molecule has 0 saturated heterocycles. The highest BCUT2D eigenvalue weighted by molar-refractivity contribution is 5.76. The van der Waals surface area contributed by atoms with Crippen LogP contribution in [0.4, 0.5) is 13.2 Å². The number of rotatable bonds is 8. The van der Waals surface area contributed by atoms with Gasteiger partial charge in [0.1, 0.15) is 0 Å². The van der Waals surface area contributed by atoms with Crippen molar-refractivity contribution < 1.29 is 32.2 Å². The molecular formula is C20H22F3NO4. The summed E-state index contributed by atoms with van der Waals surface area (Å²) in [5.41, 5.74) is 0.707. The predicted molar refractivity (Wildman–Crippen MR) is 97.7 cm³/mol. The Morgan fingerprint density at radius 1 is 0.929 bits per heavy atom. The highest BCUT2D eigenvalue weighted by Gasteiger charge is 2.29. The third-order valence-electron chi connectivity index (χ3n) is 4.14. The van der Waals surface area contributed by atoms with Gasteiger partial charge in [0, 0.05) is 13.0 Å². The molecule has 0 aliphatic rings. The first-order valence-electron chi connectivity index (χ1n) is 8.50. The minimum absolute atomic E-state index is 0.159. The summed E-state index contributed by atoms with van der Waals surface area (Å²) in [5.74, 6) is 1.26. The molecule has 0 aliphatic heterocycles. The summed E-state index contributed by atoms with van der Waals surface area (Å²) >= 11 is 0. The third kappa shape index (κ3) is 5.55. The average Bonchev–Trinajstić information content (AvgIpc) is 2.69. The number of nitrogens with one attached hydrogen (secondary N) is 1. The zero-order chi connectivity index (χ0) is 20.7. The van der Waals surface area contributed by atoms with E-state index >= 15 is 0 Å². The van der Waals surface area contributed by atoms with Crippen LogP contribution in [0.25, 0.3) is 0 Å². The molecule has 0 spiro atoms. The second-order valence-corrected chi connectivity index (χ2v) is 6.01. The summed E-state index contributed by atoms with van der Waals surface area (Å²) in [4.78, 5) is 12.1. The first kappa shape index (κ1) is 21.4. The Morgan fingerprint density at radius 2 is 1.50 bits per heavy atom. The molecule has 0 unspecified atom stereocenters. The number of benzene rings is 2. The van der Waals surface area contributed by atoms with Crippen molar-refractivity contribution in [1.29, 1.82) is 0 Å². The lowest BCUT2D eigenvalue weighted by molar-refractivity contribution is -0.137. The van der Waals surface area contributed by atoms with Crippen molar-refractivity contribution in [3.05, 3.63) is 53.1 Å². The Balaban J connectivity index is 1.92. The number of amides is 1. The summed E-state index contributed by atoms with van der Waals surface area (Å²) in [6, 6.07) is 8.23. The quantitative estimate of drug-likeness (QED) is 0.732. The molecule has 0 bridgehead atoms. The number of carbonyl (C=O) groups is 1. The van der Waals surface area contributed by atoms with Crippen molar-refractivity contribution in [3.63, 3.8) is 0 Å². The first-order chi connectivity index (χ1) is 13.3. The molecule has 152 valence electrons. The fourth-order valence-corrected chi connectivity index (χ4v) is 2.64. The van der Waals surface area contributed by atoms with Crippen LogP contribution in [0.2, 0.25) is 0 Å². The van der Waals surface area contributed by atoms with E-state index in [4.69, 9.17) is 14.2 Å². The number of aryl methyl sites for hydroxylation is 1. The van der Waals surface area contributed by atoms with E-state index in [1.165, 1.54) is 33.5 Å². The topological polar surface area (TPSA) is 56.8 Å². The molecule has 0 radical (unpaired) electrons. The second kappa shape index (κ2) is 9.34. The van der Waals surface area contributed by atoms with E-state index in [-0.39, 0.29) is 18.9 Å². The van der Waals surface area contributed by atoms with Crippen molar-refractivity contribution >= 4 is 5.91 Å². The predicted octanol–water partition coefficient (Wildman–Crippen LogP) is 3.98. The normalized spacial score (nSPS) is 11.1. The SMILES string of the molecule is COc1cc(CCC(=O)NCc2ccc(C(F)(F)F)cc2)cc(OC)c1OC. The molecule has 0 aromatic heterocycles. The highest BCUT2D eigenvalue weighted by atomic mass is 19.4. The minimum Gasteiger partial charge on any atom is -0.493 e. The van der Waals surface area contributed by atoms with Crippen LogP contribution in [0, 0.1) is 0 Å². The molecular weight excluding hydrogens is 375 g/mol. The number of ether oxygens (including phenoxy) is 3. The van der Waals surface area contributed by atoms with E-state index < -0.39 is 11.7 Å². The van der Waals surface area contributed by atoms with Crippen molar-refractivity contribution in [2.45, 2.75) is 25.6 Å². The molecule has 2 aromatic rings. The Hall–Kier alpha value is -2.90. The zero-order valence-electron chi connectivity index (χ0n) is 15.9. The number of alkyl halides is 3. The summed E-state index contributed by atoms with van der Waals surface area (Å²) in [5, 5.41) is 2.70. The van der Waals surface area contributed by atoms with Gasteiger partial charge in [-0.25, -0.2) is 0 Å². The van der Waals surface area contributed by atoms with Gasteiger partial charge in [-0.05, 0) is 41.8 Å². The Morgan fingerprint density at radius 3 is 1.96 bits per heavy atom. The van der Waals surface area contributed by atoms with Crippen molar-refractivity contribution in [3.8, 4) is 17.2 Å². The van der Waals surface area contributed by atoms with Gasteiger partial charge in [-0.15, -0.1) is 0 Å². The van der Waals surface area contributed by atoms with Crippen LogP contribution >= 0.6 is 0 Å². The van der Waals surface area contributed by atoms with E-state index in [2.05, 4.69) is 5.32 Å². The number of carbonyl (C=O) groups excluding carboxylic acids is 1. The maximum atomic E-state index is 12.6. The Bertz CT molecular complexity index is 779. The summed E-state index contributed by atoms with van der Waals surface area (Å²) in [6.07, 6.45) is -3.73. The summed E-state index contributed by atoms with van der Waals surface area (Å²) < 4.78 is 53.5. The number of hydrogen-bond acceptors (Lipinski definition) is 4. The summed E-state index contributed by atoms with van der Waals surface area (Å²) in [6.45, 7) is 0.159. The van der Waals surface area contributed by atoms with Gasteiger partial charge in [-0.2, -0.15) is 13.2 Å². The highest BCUT2D eigenvalue weighted by Crippen LogP contribution is 2.38. The van der Waals surface area contributed by atoms with Crippen molar-refractivity contribution in [2.75, 3.05) is 21.3 Å². The number of halogens is 3. The van der Waals surface area contributed by atoms with Crippen molar-refractivity contribution in [2.24, 2.45) is 0 Å². The Labute approximate surface area is 161 Å². The lowest BCUT2D eigenvalue weighted by Crippen LogP contribution is -2.23. The monoisotopic (exact) mass is 397 g/mol. The molecule has 0 atom stereocenters. The lowest BCUT2D eigenvalue weighted by Gasteiger charge is -2.14. The number of methoxy groups -OCH3 is 3. The van der Waals surface area contributed by atoms with Gasteiger partial charge in [0.25, 0.3) is 0 Å². The maximum Gasteiger partial charge on any atom is 0.416 e. The van der Waals surface area contributed by atoms with Crippen LogP contribution in [0.3, 0.4) is 0 Å². The van der Waals surface area contributed by atoms with Crippen LogP contribution in [0.15, 0.2) is 36.4 Å². The smallest absolute Gasteiger partial charge is 0.416 e. The molecule has 1 N–H and O–H groups in total.